The molecule has 0 unspecified atom stereocenters. The lowest BCUT2D eigenvalue weighted by molar-refractivity contribution is 0.611. The molecule has 5 nitrogen and oxygen atoms in total. The van der Waals surface area contributed by atoms with Gasteiger partial charge in [-0.05, 0) is 13.3 Å². The average molecular weight is 247 g/mol. The summed E-state index contributed by atoms with van der Waals surface area (Å²) in [4.78, 5) is 4.35. The molecule has 0 radical (unpaired) electrons. The lowest BCUT2D eigenvalue weighted by Crippen LogP contribution is -2.16. The van der Waals surface area contributed by atoms with E-state index in [1.54, 1.807) is 0 Å². The Balaban J connectivity index is 1.92. The molecular weight excluding hydrogens is 226 g/mol. The summed E-state index contributed by atoms with van der Waals surface area (Å²) in [7, 11) is 1.96. The van der Waals surface area contributed by atoms with E-state index in [-0.39, 0.29) is 0 Å². The third-order valence-corrected chi connectivity index (χ3v) is 3.07. The summed E-state index contributed by atoms with van der Waals surface area (Å²) < 4.78 is 4.03. The Morgan fingerprint density at radius 3 is 2.83 bits per heavy atom. The molecule has 0 amide bonds. The number of aryl methyl sites for hydroxylation is 3. The predicted octanol–water partition coefficient (Wildman–Crippen LogP) is 1.49. The van der Waals surface area contributed by atoms with Crippen molar-refractivity contribution in [1.29, 1.82) is 0 Å². The van der Waals surface area contributed by atoms with Crippen LogP contribution < -0.4 is 5.32 Å². The smallest absolute Gasteiger partial charge is 0.122 e. The summed E-state index contributed by atoms with van der Waals surface area (Å²) in [6, 6.07) is 0. The van der Waals surface area contributed by atoms with Crippen LogP contribution in [0.5, 0.6) is 0 Å². The lowest BCUT2D eigenvalue weighted by atomic mass is 10.2. The Labute approximate surface area is 108 Å². The van der Waals surface area contributed by atoms with E-state index in [1.165, 1.54) is 11.3 Å². The molecule has 98 valence electrons. The highest BCUT2D eigenvalue weighted by molar-refractivity contribution is 5.16. The first-order valence-electron chi connectivity index (χ1n) is 6.46. The molecule has 2 rings (SSSR count). The van der Waals surface area contributed by atoms with Gasteiger partial charge in [0, 0.05) is 44.3 Å². The van der Waals surface area contributed by atoms with Gasteiger partial charge in [0.25, 0.3) is 0 Å². The van der Waals surface area contributed by atoms with Crippen LogP contribution in [-0.2, 0) is 33.1 Å². The molecular formula is C13H21N5. The second-order valence-corrected chi connectivity index (χ2v) is 4.36. The molecule has 5 heteroatoms. The second-order valence-electron chi connectivity index (χ2n) is 4.36. The zero-order valence-electron chi connectivity index (χ0n) is 11.3. The zero-order valence-corrected chi connectivity index (χ0v) is 11.3. The van der Waals surface area contributed by atoms with Crippen LogP contribution in [0.3, 0.4) is 0 Å². The Hall–Kier alpha value is -1.62. The van der Waals surface area contributed by atoms with E-state index in [2.05, 4.69) is 40.0 Å². The van der Waals surface area contributed by atoms with Crippen LogP contribution in [0, 0.1) is 0 Å². The van der Waals surface area contributed by atoms with Gasteiger partial charge in [0.2, 0.25) is 0 Å². The van der Waals surface area contributed by atoms with Gasteiger partial charge in [0.1, 0.15) is 5.82 Å². The van der Waals surface area contributed by atoms with Gasteiger partial charge in [-0.15, -0.1) is 0 Å². The van der Waals surface area contributed by atoms with Crippen molar-refractivity contribution in [1.82, 2.24) is 24.6 Å². The monoisotopic (exact) mass is 247 g/mol. The fourth-order valence-corrected chi connectivity index (χ4v) is 2.13. The van der Waals surface area contributed by atoms with Gasteiger partial charge < -0.3 is 9.88 Å². The predicted molar refractivity (Wildman–Crippen MR) is 71.0 cm³/mol. The second kappa shape index (κ2) is 5.82. The SMILES string of the molecule is CCc1nn(C)cc1CNCc1nccn1CC. The van der Waals surface area contributed by atoms with Crippen molar-refractivity contribution >= 4 is 0 Å². The van der Waals surface area contributed by atoms with Crippen molar-refractivity contribution in [2.45, 2.75) is 39.9 Å². The standard InChI is InChI=1S/C13H21N5/c1-4-12-11(10-17(3)16-12)8-14-9-13-15-6-7-18(13)5-2/h6-7,10,14H,4-5,8-9H2,1-3H3. The summed E-state index contributed by atoms with van der Waals surface area (Å²) in [5.74, 6) is 1.08. The highest BCUT2D eigenvalue weighted by atomic mass is 15.3. The van der Waals surface area contributed by atoms with Crippen LogP contribution in [-0.4, -0.2) is 19.3 Å². The molecule has 0 bridgehead atoms. The summed E-state index contributed by atoms with van der Waals surface area (Å²) in [5, 5.41) is 7.86. The van der Waals surface area contributed by atoms with Gasteiger partial charge >= 0.3 is 0 Å². The lowest BCUT2D eigenvalue weighted by Gasteiger charge is -2.06. The molecule has 0 spiro atoms. The molecule has 0 saturated carbocycles. The van der Waals surface area contributed by atoms with E-state index in [9.17, 15) is 0 Å². The summed E-state index contributed by atoms with van der Waals surface area (Å²) in [6.07, 6.45) is 6.92. The van der Waals surface area contributed by atoms with Crippen molar-refractivity contribution in [3.05, 3.63) is 35.7 Å². The van der Waals surface area contributed by atoms with E-state index in [0.29, 0.717) is 0 Å². The number of nitrogens with zero attached hydrogens (tertiary/aromatic N) is 4. The molecule has 0 fully saturated rings. The fourth-order valence-electron chi connectivity index (χ4n) is 2.13. The number of imidazole rings is 1. The van der Waals surface area contributed by atoms with Crippen LogP contribution in [0.2, 0.25) is 0 Å². The summed E-state index contributed by atoms with van der Waals surface area (Å²) in [5.41, 5.74) is 2.44. The number of aromatic nitrogens is 4. The quantitative estimate of drug-likeness (QED) is 0.841. The van der Waals surface area contributed by atoms with Crippen LogP contribution in [0.1, 0.15) is 30.9 Å². The van der Waals surface area contributed by atoms with Crippen LogP contribution in [0.25, 0.3) is 0 Å². The Morgan fingerprint density at radius 2 is 2.11 bits per heavy atom. The first kappa shape index (κ1) is 12.8. The minimum absolute atomic E-state index is 0.791. The van der Waals surface area contributed by atoms with E-state index in [0.717, 1.165) is 31.9 Å². The third kappa shape index (κ3) is 2.79. The molecule has 18 heavy (non-hydrogen) atoms. The zero-order chi connectivity index (χ0) is 13.0. The maximum absolute atomic E-state index is 4.43. The molecule has 0 aliphatic carbocycles. The van der Waals surface area contributed by atoms with Gasteiger partial charge in [-0.2, -0.15) is 5.10 Å². The topological polar surface area (TPSA) is 47.7 Å². The van der Waals surface area contributed by atoms with E-state index in [4.69, 9.17) is 0 Å². The van der Waals surface area contributed by atoms with Crippen molar-refractivity contribution < 1.29 is 0 Å². The van der Waals surface area contributed by atoms with Crippen LogP contribution in [0.15, 0.2) is 18.6 Å². The molecule has 0 aliphatic rings. The van der Waals surface area contributed by atoms with Crippen molar-refractivity contribution in [2.24, 2.45) is 7.05 Å². The van der Waals surface area contributed by atoms with Crippen LogP contribution >= 0.6 is 0 Å². The maximum atomic E-state index is 4.43. The molecule has 2 aromatic heterocycles. The molecule has 2 heterocycles. The van der Waals surface area contributed by atoms with E-state index >= 15 is 0 Å². The first-order chi connectivity index (χ1) is 8.74. The Kier molecular flexibility index (Phi) is 4.15. The number of nitrogens with one attached hydrogen (secondary N) is 1. The van der Waals surface area contributed by atoms with Gasteiger partial charge in [-0.25, -0.2) is 4.98 Å². The number of rotatable bonds is 6. The fraction of sp³-hybridized carbons (Fsp3) is 0.538. The maximum Gasteiger partial charge on any atom is 0.122 e. The molecule has 0 aliphatic heterocycles. The van der Waals surface area contributed by atoms with Gasteiger partial charge in [-0.1, -0.05) is 6.92 Å². The highest BCUT2D eigenvalue weighted by Crippen LogP contribution is 2.07. The Morgan fingerprint density at radius 1 is 1.28 bits per heavy atom. The molecule has 2 aromatic rings. The van der Waals surface area contributed by atoms with E-state index < -0.39 is 0 Å². The van der Waals surface area contributed by atoms with Gasteiger partial charge in [-0.3, -0.25) is 4.68 Å². The Bertz CT molecular complexity index is 497. The van der Waals surface area contributed by atoms with Crippen molar-refractivity contribution in [3.8, 4) is 0 Å². The molecule has 0 aromatic carbocycles. The minimum atomic E-state index is 0.791. The third-order valence-electron chi connectivity index (χ3n) is 3.07. The van der Waals surface area contributed by atoms with Crippen molar-refractivity contribution in [3.63, 3.8) is 0 Å². The normalized spacial score (nSPS) is 11.1. The van der Waals surface area contributed by atoms with Crippen LogP contribution in [0.4, 0.5) is 0 Å². The highest BCUT2D eigenvalue weighted by Gasteiger charge is 2.06. The largest absolute Gasteiger partial charge is 0.334 e. The molecule has 1 N–H and O–H groups in total. The van der Waals surface area contributed by atoms with Gasteiger partial charge in [0.05, 0.1) is 12.2 Å². The number of hydrogen-bond donors (Lipinski definition) is 1. The molecule has 0 atom stereocenters. The number of hydrogen-bond acceptors (Lipinski definition) is 3. The van der Waals surface area contributed by atoms with Crippen molar-refractivity contribution in [2.75, 3.05) is 0 Å². The van der Waals surface area contributed by atoms with Gasteiger partial charge in [0.15, 0.2) is 0 Å². The summed E-state index contributed by atoms with van der Waals surface area (Å²) in [6.45, 7) is 6.85. The summed E-state index contributed by atoms with van der Waals surface area (Å²) >= 11 is 0. The molecule has 0 saturated heterocycles. The average Bonchev–Trinajstić information content (AvgIpc) is 2.95. The van der Waals surface area contributed by atoms with E-state index in [1.807, 2.05) is 24.1 Å². The first-order valence-corrected chi connectivity index (χ1v) is 6.46. The minimum Gasteiger partial charge on any atom is -0.334 e.